The van der Waals surface area contributed by atoms with Crippen molar-refractivity contribution in [3.63, 3.8) is 0 Å². The molecule has 0 amide bonds. The van der Waals surface area contributed by atoms with E-state index >= 15 is 0 Å². The van der Waals surface area contributed by atoms with Crippen molar-refractivity contribution in [1.82, 2.24) is 4.98 Å². The molecule has 3 aromatic rings. The zero-order valence-corrected chi connectivity index (χ0v) is 11.3. The molecule has 0 aliphatic heterocycles. The summed E-state index contributed by atoms with van der Waals surface area (Å²) in [7, 11) is 0. The summed E-state index contributed by atoms with van der Waals surface area (Å²) in [5, 5.41) is 1.21. The molecule has 2 aromatic carbocycles. The maximum Gasteiger partial charge on any atom is 0.220 e. The van der Waals surface area contributed by atoms with Crippen LogP contribution in [0, 0.1) is 0 Å². The van der Waals surface area contributed by atoms with E-state index in [0.29, 0.717) is 15.9 Å². The largest absolute Gasteiger partial charge is 0.437 e. The highest BCUT2D eigenvalue weighted by Crippen LogP contribution is 2.23. The quantitative estimate of drug-likeness (QED) is 0.639. The normalized spacial score (nSPS) is 11.5. The summed E-state index contributed by atoms with van der Waals surface area (Å²) in [5.74, 6) is 0.548. The summed E-state index contributed by atoms with van der Waals surface area (Å²) >= 11 is 11.9. The van der Waals surface area contributed by atoms with E-state index in [2.05, 4.69) is 4.98 Å². The molecule has 0 radical (unpaired) electrons. The number of hydrogen-bond donors (Lipinski definition) is 0. The molecule has 0 aliphatic carbocycles. The first kappa shape index (κ1) is 12.3. The lowest BCUT2D eigenvalue weighted by Gasteiger charge is -1.97. The molecule has 19 heavy (non-hydrogen) atoms. The highest BCUT2D eigenvalue weighted by Gasteiger charge is 2.02. The fourth-order valence-corrected chi connectivity index (χ4v) is 2.23. The molecule has 0 N–H and O–H groups in total. The topological polar surface area (TPSA) is 26.0 Å². The van der Waals surface area contributed by atoms with Gasteiger partial charge in [-0.3, -0.25) is 0 Å². The predicted molar refractivity (Wildman–Crippen MR) is 79.4 cm³/mol. The van der Waals surface area contributed by atoms with E-state index in [4.69, 9.17) is 27.6 Å². The van der Waals surface area contributed by atoms with Gasteiger partial charge in [0, 0.05) is 16.1 Å². The first-order chi connectivity index (χ1) is 9.22. The molecular formula is C15H9Cl2NO. The third-order valence-corrected chi connectivity index (χ3v) is 3.24. The Morgan fingerprint density at radius 2 is 1.84 bits per heavy atom. The molecule has 1 aromatic heterocycles. The fourth-order valence-electron chi connectivity index (χ4n) is 1.76. The fraction of sp³-hybridized carbons (Fsp3) is 0. The van der Waals surface area contributed by atoms with Crippen molar-refractivity contribution < 1.29 is 4.42 Å². The molecule has 2 nitrogen and oxygen atoms in total. The Morgan fingerprint density at radius 3 is 2.63 bits per heavy atom. The zero-order valence-electron chi connectivity index (χ0n) is 9.81. The smallest absolute Gasteiger partial charge is 0.220 e. The van der Waals surface area contributed by atoms with Crippen molar-refractivity contribution in [1.29, 1.82) is 0 Å². The number of para-hydroxylation sites is 2. The van der Waals surface area contributed by atoms with Crippen LogP contribution in [-0.4, -0.2) is 4.98 Å². The minimum Gasteiger partial charge on any atom is -0.437 e. The summed E-state index contributed by atoms with van der Waals surface area (Å²) in [6.07, 6.45) is 3.64. The van der Waals surface area contributed by atoms with Gasteiger partial charge in [0.25, 0.3) is 0 Å². The average Bonchev–Trinajstić information content (AvgIpc) is 2.80. The Hall–Kier alpha value is -1.77. The SMILES string of the molecule is Clc1ccc(C=Cc2nc3ccccc3o2)c(Cl)c1. The number of hydrogen-bond acceptors (Lipinski definition) is 2. The van der Waals surface area contributed by atoms with Gasteiger partial charge in [0.1, 0.15) is 5.52 Å². The van der Waals surface area contributed by atoms with Gasteiger partial charge in [-0.25, -0.2) is 4.98 Å². The van der Waals surface area contributed by atoms with Crippen molar-refractivity contribution in [2.75, 3.05) is 0 Å². The Labute approximate surface area is 120 Å². The van der Waals surface area contributed by atoms with E-state index < -0.39 is 0 Å². The standard InChI is InChI=1S/C15H9Cl2NO/c16-11-7-5-10(12(17)9-11)6-8-15-18-13-3-1-2-4-14(13)19-15/h1-9H. The van der Waals surface area contributed by atoms with Gasteiger partial charge >= 0.3 is 0 Å². The van der Waals surface area contributed by atoms with Gasteiger partial charge in [0.05, 0.1) is 0 Å². The van der Waals surface area contributed by atoms with Gasteiger partial charge in [0.15, 0.2) is 5.58 Å². The van der Waals surface area contributed by atoms with Gasteiger partial charge in [-0.15, -0.1) is 0 Å². The van der Waals surface area contributed by atoms with Crippen molar-refractivity contribution in [3.05, 3.63) is 64.0 Å². The molecule has 94 valence electrons. The lowest BCUT2D eigenvalue weighted by Crippen LogP contribution is -1.75. The minimum absolute atomic E-state index is 0.548. The van der Waals surface area contributed by atoms with Crippen molar-refractivity contribution in [2.24, 2.45) is 0 Å². The van der Waals surface area contributed by atoms with E-state index in [-0.39, 0.29) is 0 Å². The summed E-state index contributed by atoms with van der Waals surface area (Å²) in [5.41, 5.74) is 2.47. The van der Waals surface area contributed by atoms with Gasteiger partial charge in [-0.05, 0) is 35.9 Å². The number of rotatable bonds is 2. The number of halogens is 2. The van der Waals surface area contributed by atoms with E-state index in [9.17, 15) is 0 Å². The third kappa shape index (κ3) is 2.65. The van der Waals surface area contributed by atoms with Gasteiger partial charge < -0.3 is 4.42 Å². The molecule has 0 saturated heterocycles. The van der Waals surface area contributed by atoms with Crippen LogP contribution in [0.3, 0.4) is 0 Å². The Balaban J connectivity index is 1.93. The average molecular weight is 290 g/mol. The van der Waals surface area contributed by atoms with Crippen LogP contribution in [0.4, 0.5) is 0 Å². The minimum atomic E-state index is 0.548. The van der Waals surface area contributed by atoms with E-state index in [0.717, 1.165) is 16.7 Å². The van der Waals surface area contributed by atoms with Crippen LogP contribution in [0.1, 0.15) is 11.5 Å². The maximum absolute atomic E-state index is 6.09. The molecule has 0 atom stereocenters. The molecule has 3 rings (SSSR count). The lowest BCUT2D eigenvalue weighted by molar-refractivity contribution is 0.590. The summed E-state index contributed by atoms with van der Waals surface area (Å²) in [6.45, 7) is 0. The van der Waals surface area contributed by atoms with Crippen LogP contribution >= 0.6 is 23.2 Å². The van der Waals surface area contributed by atoms with Gasteiger partial charge in [-0.2, -0.15) is 0 Å². The van der Waals surface area contributed by atoms with Gasteiger partial charge in [0.2, 0.25) is 5.89 Å². The highest BCUT2D eigenvalue weighted by atomic mass is 35.5. The lowest BCUT2D eigenvalue weighted by atomic mass is 10.2. The zero-order chi connectivity index (χ0) is 13.2. The van der Waals surface area contributed by atoms with E-state index in [1.165, 1.54) is 0 Å². The summed E-state index contributed by atoms with van der Waals surface area (Å²) in [4.78, 5) is 4.35. The number of benzene rings is 2. The van der Waals surface area contributed by atoms with Crippen LogP contribution in [0.5, 0.6) is 0 Å². The highest BCUT2D eigenvalue weighted by molar-refractivity contribution is 6.35. The Kier molecular flexibility index (Phi) is 3.28. The molecule has 1 heterocycles. The van der Waals surface area contributed by atoms with Crippen LogP contribution in [0.25, 0.3) is 23.3 Å². The Morgan fingerprint density at radius 1 is 1.00 bits per heavy atom. The molecule has 0 saturated carbocycles. The monoisotopic (exact) mass is 289 g/mol. The molecule has 0 fully saturated rings. The molecule has 4 heteroatoms. The second-order valence-corrected chi connectivity index (χ2v) is 4.86. The number of fused-ring (bicyclic) bond motifs is 1. The molecule has 0 unspecified atom stereocenters. The number of nitrogens with zero attached hydrogens (tertiary/aromatic N) is 1. The van der Waals surface area contributed by atoms with Crippen molar-refractivity contribution in [2.45, 2.75) is 0 Å². The number of aromatic nitrogens is 1. The first-order valence-corrected chi connectivity index (χ1v) is 6.47. The van der Waals surface area contributed by atoms with E-state index in [1.807, 2.05) is 36.4 Å². The number of oxazole rings is 1. The first-order valence-electron chi connectivity index (χ1n) is 5.71. The summed E-state index contributed by atoms with van der Waals surface area (Å²) in [6, 6.07) is 13.0. The molecular weight excluding hydrogens is 281 g/mol. The van der Waals surface area contributed by atoms with Crippen LogP contribution < -0.4 is 0 Å². The van der Waals surface area contributed by atoms with Crippen LogP contribution in [-0.2, 0) is 0 Å². The van der Waals surface area contributed by atoms with Crippen molar-refractivity contribution in [3.8, 4) is 0 Å². The molecule has 0 bridgehead atoms. The van der Waals surface area contributed by atoms with Crippen LogP contribution in [0.15, 0.2) is 46.9 Å². The molecule has 0 aliphatic rings. The maximum atomic E-state index is 6.09. The van der Waals surface area contributed by atoms with Gasteiger partial charge in [-0.1, -0.05) is 41.4 Å². The van der Waals surface area contributed by atoms with E-state index in [1.54, 1.807) is 18.2 Å². The third-order valence-electron chi connectivity index (χ3n) is 2.68. The second-order valence-electron chi connectivity index (χ2n) is 4.02. The summed E-state index contributed by atoms with van der Waals surface area (Å²) < 4.78 is 5.59. The Bertz CT molecular complexity index is 729. The second kappa shape index (κ2) is 5.08. The van der Waals surface area contributed by atoms with Crippen molar-refractivity contribution >= 4 is 46.5 Å². The predicted octanol–water partition coefficient (Wildman–Crippen LogP) is 5.31. The molecule has 0 spiro atoms. The van der Waals surface area contributed by atoms with Crippen LogP contribution in [0.2, 0.25) is 10.0 Å².